The third-order valence-corrected chi connectivity index (χ3v) is 11.2. The molecule has 4 aromatic rings. The van der Waals surface area contributed by atoms with Crippen molar-refractivity contribution in [3.8, 4) is 0 Å². The van der Waals surface area contributed by atoms with E-state index in [0.717, 1.165) is 11.1 Å². The zero-order valence-electron chi connectivity index (χ0n) is 24.0. The number of anilines is 2. The van der Waals surface area contributed by atoms with E-state index >= 15 is 0 Å². The van der Waals surface area contributed by atoms with E-state index in [1.807, 2.05) is 26.0 Å². The third-order valence-electron chi connectivity index (χ3n) is 8.43. The van der Waals surface area contributed by atoms with E-state index in [9.17, 15) is 16.8 Å². The van der Waals surface area contributed by atoms with E-state index in [1.165, 1.54) is 24.3 Å². The largest absolute Gasteiger partial charge is 0.355 e. The first kappa shape index (κ1) is 29.0. The van der Waals surface area contributed by atoms with Crippen LogP contribution in [-0.4, -0.2) is 47.0 Å². The van der Waals surface area contributed by atoms with Crippen molar-refractivity contribution in [1.29, 1.82) is 0 Å². The molecule has 0 aliphatic carbocycles. The van der Waals surface area contributed by atoms with Gasteiger partial charge in [0, 0.05) is 11.4 Å². The van der Waals surface area contributed by atoms with Gasteiger partial charge in [-0.2, -0.15) is 0 Å². The molecular formula is C32H31N3O7S2. The molecule has 3 aliphatic heterocycles. The molecule has 0 spiro atoms. The molecule has 0 aromatic heterocycles. The van der Waals surface area contributed by atoms with Gasteiger partial charge in [0.1, 0.15) is 29.9 Å². The fourth-order valence-corrected chi connectivity index (χ4v) is 8.37. The Morgan fingerprint density at radius 1 is 0.636 bits per heavy atom. The van der Waals surface area contributed by atoms with Gasteiger partial charge in [-0.3, -0.25) is 9.44 Å². The molecule has 0 radical (unpaired) electrons. The average Bonchev–Trinajstić information content (AvgIpc) is 3.66. The molecule has 2 N–H and O–H groups in total. The van der Waals surface area contributed by atoms with Gasteiger partial charge in [-0.25, -0.2) is 21.7 Å². The molecule has 7 rings (SSSR count). The molecule has 3 fully saturated rings. The topological polar surface area (TPSA) is 123 Å². The summed E-state index contributed by atoms with van der Waals surface area (Å²) in [6.45, 7) is 4.17. The van der Waals surface area contributed by atoms with Gasteiger partial charge >= 0.3 is 0 Å². The van der Waals surface area contributed by atoms with E-state index < -0.39 is 43.7 Å². The van der Waals surface area contributed by atoms with Crippen LogP contribution in [0.2, 0.25) is 0 Å². The predicted molar refractivity (Wildman–Crippen MR) is 163 cm³/mol. The van der Waals surface area contributed by atoms with Crippen molar-refractivity contribution in [2.45, 2.75) is 53.5 Å². The Hall–Kier alpha value is -3.78. The highest BCUT2D eigenvalue weighted by Gasteiger charge is 2.68. The monoisotopic (exact) mass is 633 g/mol. The Bertz CT molecular complexity index is 1810. The van der Waals surface area contributed by atoms with E-state index in [4.69, 9.17) is 14.2 Å². The maximum Gasteiger partial charge on any atom is 0.261 e. The van der Waals surface area contributed by atoms with Crippen molar-refractivity contribution in [3.63, 3.8) is 0 Å². The first-order valence-corrected chi connectivity index (χ1v) is 17.1. The van der Waals surface area contributed by atoms with Crippen molar-refractivity contribution < 1.29 is 31.0 Å². The number of hydrogen-bond acceptors (Lipinski definition) is 8. The van der Waals surface area contributed by atoms with Crippen LogP contribution in [0, 0.1) is 0 Å². The van der Waals surface area contributed by atoms with Gasteiger partial charge in [-0.1, -0.05) is 60.7 Å². The second kappa shape index (κ2) is 10.4. The molecular weight excluding hydrogens is 603 g/mol. The molecule has 3 heterocycles. The Morgan fingerprint density at radius 3 is 1.61 bits per heavy atom. The molecule has 0 saturated carbocycles. The summed E-state index contributed by atoms with van der Waals surface area (Å²) in [5.74, 6) is 0. The second-order valence-corrected chi connectivity index (χ2v) is 14.8. The van der Waals surface area contributed by atoms with Crippen LogP contribution in [0.4, 0.5) is 11.4 Å². The summed E-state index contributed by atoms with van der Waals surface area (Å²) in [6, 6.07) is 30.6. The zero-order valence-corrected chi connectivity index (χ0v) is 25.6. The number of hydrogen-bond donors (Lipinski definition) is 2. The van der Waals surface area contributed by atoms with Gasteiger partial charge in [0.25, 0.3) is 20.0 Å². The number of benzene rings is 4. The summed E-state index contributed by atoms with van der Waals surface area (Å²) < 4.78 is 76.9. The molecule has 10 nitrogen and oxygen atoms in total. The molecule has 5 atom stereocenters. The number of rotatable bonds is 8. The lowest BCUT2D eigenvalue weighted by atomic mass is 9.93. The fraction of sp³-hybridized carbons (Fsp3) is 0.250. The van der Waals surface area contributed by atoms with Crippen LogP contribution in [0.5, 0.6) is 0 Å². The van der Waals surface area contributed by atoms with Gasteiger partial charge in [-0.15, -0.1) is 0 Å². The minimum absolute atomic E-state index is 0.164. The highest BCUT2D eigenvalue weighted by Crippen LogP contribution is 2.56. The highest BCUT2D eigenvalue weighted by atomic mass is 32.2. The third kappa shape index (κ3) is 4.78. The van der Waals surface area contributed by atoms with Crippen LogP contribution in [0.25, 0.3) is 0 Å². The standard InChI is InChI=1S/C32H31N3O7S2/c1-31(22-11-9-13-24(19-22)33-43(36,37)26-15-5-3-6-16-26)29-35-28(21-40-29)41-32(2,30(35)42-31)23-12-10-14-25(20-23)34-44(38,39)27-17-7-4-8-18-27/h3-20,28-30,33-34H,21H2,1-2H3/t28-,29-,30-,31+,32+/m0/s1. The van der Waals surface area contributed by atoms with Crippen LogP contribution in [-0.2, 0) is 45.5 Å². The van der Waals surface area contributed by atoms with E-state index in [-0.39, 0.29) is 16.0 Å². The number of sulfonamides is 2. The predicted octanol–water partition coefficient (Wildman–Crippen LogP) is 4.79. The van der Waals surface area contributed by atoms with Crippen molar-refractivity contribution in [2.24, 2.45) is 0 Å². The van der Waals surface area contributed by atoms with Crippen molar-refractivity contribution >= 4 is 31.4 Å². The van der Waals surface area contributed by atoms with Crippen LogP contribution in [0.1, 0.15) is 25.0 Å². The molecule has 228 valence electrons. The first-order valence-electron chi connectivity index (χ1n) is 14.1. The van der Waals surface area contributed by atoms with Crippen LogP contribution in [0.15, 0.2) is 119 Å². The molecule has 12 heteroatoms. The first-order chi connectivity index (χ1) is 21.0. The Morgan fingerprint density at radius 2 is 1.11 bits per heavy atom. The average molecular weight is 634 g/mol. The summed E-state index contributed by atoms with van der Waals surface area (Å²) in [7, 11) is -7.58. The highest BCUT2D eigenvalue weighted by molar-refractivity contribution is 7.93. The minimum atomic E-state index is -3.79. The second-order valence-electron chi connectivity index (χ2n) is 11.4. The summed E-state index contributed by atoms with van der Waals surface area (Å²) in [5, 5.41) is 0. The van der Waals surface area contributed by atoms with Crippen molar-refractivity contribution in [2.75, 3.05) is 16.1 Å². The lowest BCUT2D eigenvalue weighted by Gasteiger charge is -2.33. The van der Waals surface area contributed by atoms with Gasteiger partial charge < -0.3 is 14.2 Å². The van der Waals surface area contributed by atoms with Crippen molar-refractivity contribution in [3.05, 3.63) is 120 Å². The normalized spacial score (nSPS) is 28.1. The van der Waals surface area contributed by atoms with Gasteiger partial charge in [0.05, 0.1) is 16.4 Å². The van der Waals surface area contributed by atoms with E-state index in [1.54, 1.807) is 72.8 Å². The molecule has 3 saturated heterocycles. The van der Waals surface area contributed by atoms with Crippen molar-refractivity contribution in [1.82, 2.24) is 4.90 Å². The van der Waals surface area contributed by atoms with Crippen LogP contribution in [0.3, 0.4) is 0 Å². The summed E-state index contributed by atoms with van der Waals surface area (Å²) >= 11 is 0. The molecule has 0 amide bonds. The zero-order chi connectivity index (χ0) is 30.7. The SMILES string of the molecule is C[C@]1(c2cccc(NS(=O)(=O)c3ccccc3)c2)O[C@H]2CO[C@@H]3N2[C@H]1O[C@]3(C)c1cccc(NS(=O)(=O)c2ccccc2)c1. The minimum Gasteiger partial charge on any atom is -0.355 e. The molecule has 3 aliphatic rings. The van der Waals surface area contributed by atoms with Gasteiger partial charge in [0.15, 0.2) is 0 Å². The lowest BCUT2D eigenvalue weighted by molar-refractivity contribution is -0.138. The Labute approximate surface area is 256 Å². The number of ether oxygens (including phenoxy) is 3. The summed E-state index contributed by atoms with van der Waals surface area (Å²) in [5.41, 5.74) is 0.330. The van der Waals surface area contributed by atoms with Gasteiger partial charge in [0.2, 0.25) is 0 Å². The lowest BCUT2D eigenvalue weighted by Crippen LogP contribution is -2.40. The summed E-state index contributed by atoms with van der Waals surface area (Å²) in [4.78, 5) is 2.39. The van der Waals surface area contributed by atoms with E-state index in [0.29, 0.717) is 18.0 Å². The maximum absolute atomic E-state index is 13.0. The van der Waals surface area contributed by atoms with Crippen LogP contribution < -0.4 is 9.44 Å². The Kier molecular flexibility index (Phi) is 6.85. The molecule has 4 aromatic carbocycles. The molecule has 44 heavy (non-hydrogen) atoms. The summed E-state index contributed by atoms with van der Waals surface area (Å²) in [6.07, 6.45) is -1.46. The molecule has 0 bridgehead atoms. The molecule has 0 unspecified atom stereocenters. The van der Waals surface area contributed by atoms with Crippen LogP contribution >= 0.6 is 0 Å². The quantitative estimate of drug-likeness (QED) is 0.284. The fourth-order valence-electron chi connectivity index (χ4n) is 6.23. The smallest absolute Gasteiger partial charge is 0.261 e. The van der Waals surface area contributed by atoms with E-state index in [2.05, 4.69) is 14.3 Å². The van der Waals surface area contributed by atoms with Gasteiger partial charge in [-0.05, 0) is 73.5 Å². The number of nitrogens with zero attached hydrogens (tertiary/aromatic N) is 1. The maximum atomic E-state index is 13.0. The Balaban J connectivity index is 1.18. The number of nitrogens with one attached hydrogen (secondary N) is 2.